The van der Waals surface area contributed by atoms with Crippen molar-refractivity contribution in [3.05, 3.63) is 78.6 Å². The molecule has 3 aromatic rings. The summed E-state index contributed by atoms with van der Waals surface area (Å²) in [6, 6.07) is 17.8. The fourth-order valence-electron chi connectivity index (χ4n) is 2.49. The molecule has 26 heavy (non-hydrogen) atoms. The average molecular weight is 369 g/mol. The number of carbonyl (C=O) groups is 1. The van der Waals surface area contributed by atoms with Crippen LogP contribution in [0.3, 0.4) is 0 Å². The molecule has 1 N–H and O–H groups in total. The number of benzene rings is 2. The number of rotatable bonds is 7. The summed E-state index contributed by atoms with van der Waals surface area (Å²) >= 11 is 0. The maximum atomic E-state index is 12.2. The molecule has 0 unspecified atom stereocenters. The van der Waals surface area contributed by atoms with Crippen LogP contribution in [0.5, 0.6) is 0 Å². The van der Waals surface area contributed by atoms with Crippen LogP contribution in [-0.4, -0.2) is 36.4 Å². The zero-order valence-corrected chi connectivity index (χ0v) is 14.9. The minimum atomic E-state index is -3.39. The smallest absolute Gasteiger partial charge is 0.224 e. The molecule has 1 amide bonds. The van der Waals surface area contributed by atoms with Crippen molar-refractivity contribution in [1.29, 1.82) is 0 Å². The number of para-hydroxylation sites is 1. The quantitative estimate of drug-likeness (QED) is 0.691. The van der Waals surface area contributed by atoms with Crippen LogP contribution in [0.25, 0.3) is 5.69 Å². The van der Waals surface area contributed by atoms with E-state index in [1.54, 1.807) is 47.4 Å². The SMILES string of the molecule is O=C(Cc1cnn(-c2ccccc2)c1)NCCS(=O)(=O)c1ccccc1. The van der Waals surface area contributed by atoms with E-state index in [1.807, 2.05) is 30.3 Å². The summed E-state index contributed by atoms with van der Waals surface area (Å²) in [5.41, 5.74) is 1.67. The van der Waals surface area contributed by atoms with Crippen LogP contribution in [-0.2, 0) is 21.1 Å². The van der Waals surface area contributed by atoms with Gasteiger partial charge in [-0.25, -0.2) is 13.1 Å². The third-order valence-electron chi connectivity index (χ3n) is 3.82. The molecular weight excluding hydrogens is 350 g/mol. The molecule has 0 fully saturated rings. The molecule has 1 aromatic heterocycles. The van der Waals surface area contributed by atoms with Gasteiger partial charge in [-0.15, -0.1) is 0 Å². The Hall–Kier alpha value is -2.93. The third kappa shape index (κ3) is 4.58. The fraction of sp³-hybridized carbons (Fsp3) is 0.158. The minimum absolute atomic E-state index is 0.0723. The Bertz CT molecular complexity index is 968. The summed E-state index contributed by atoms with van der Waals surface area (Å²) in [5, 5.41) is 6.89. The van der Waals surface area contributed by atoms with Crippen molar-refractivity contribution in [2.24, 2.45) is 0 Å². The lowest BCUT2D eigenvalue weighted by Gasteiger charge is -2.06. The predicted octanol–water partition coefficient (Wildman–Crippen LogP) is 2.00. The molecule has 0 saturated carbocycles. The monoisotopic (exact) mass is 369 g/mol. The minimum Gasteiger partial charge on any atom is -0.355 e. The lowest BCUT2D eigenvalue weighted by molar-refractivity contribution is -0.120. The Balaban J connectivity index is 1.51. The second kappa shape index (κ2) is 7.97. The number of hydrogen-bond donors (Lipinski definition) is 1. The van der Waals surface area contributed by atoms with E-state index in [9.17, 15) is 13.2 Å². The molecule has 134 valence electrons. The third-order valence-corrected chi connectivity index (χ3v) is 5.55. The number of hydrogen-bond acceptors (Lipinski definition) is 4. The Morgan fingerprint density at radius 2 is 1.65 bits per heavy atom. The van der Waals surface area contributed by atoms with Crippen LogP contribution in [0.1, 0.15) is 5.56 Å². The molecule has 0 radical (unpaired) electrons. The van der Waals surface area contributed by atoms with Gasteiger partial charge in [-0.05, 0) is 29.8 Å². The first-order valence-corrected chi connectivity index (χ1v) is 9.83. The second-order valence-corrected chi connectivity index (χ2v) is 7.90. The molecule has 0 spiro atoms. The fourth-order valence-corrected chi connectivity index (χ4v) is 3.67. The molecule has 6 nitrogen and oxygen atoms in total. The van der Waals surface area contributed by atoms with E-state index in [0.29, 0.717) is 0 Å². The van der Waals surface area contributed by atoms with E-state index in [4.69, 9.17) is 0 Å². The summed E-state index contributed by atoms with van der Waals surface area (Å²) in [6.07, 6.45) is 3.57. The van der Waals surface area contributed by atoms with Crippen LogP contribution >= 0.6 is 0 Å². The maximum Gasteiger partial charge on any atom is 0.224 e. The first kappa shape index (κ1) is 17.9. The largest absolute Gasteiger partial charge is 0.355 e. The molecule has 0 aliphatic rings. The molecule has 0 aliphatic heterocycles. The van der Waals surface area contributed by atoms with Crippen molar-refractivity contribution in [1.82, 2.24) is 15.1 Å². The van der Waals surface area contributed by atoms with E-state index in [-0.39, 0.29) is 29.5 Å². The van der Waals surface area contributed by atoms with E-state index < -0.39 is 9.84 Å². The van der Waals surface area contributed by atoms with Crippen molar-refractivity contribution in [3.63, 3.8) is 0 Å². The van der Waals surface area contributed by atoms with Crippen LogP contribution in [0.15, 0.2) is 78.0 Å². The van der Waals surface area contributed by atoms with E-state index >= 15 is 0 Å². The molecule has 7 heteroatoms. The molecule has 0 atom stereocenters. The average Bonchev–Trinajstić information content (AvgIpc) is 3.11. The molecular formula is C19H19N3O3S. The van der Waals surface area contributed by atoms with E-state index in [1.165, 1.54) is 0 Å². The number of aromatic nitrogens is 2. The van der Waals surface area contributed by atoms with E-state index in [2.05, 4.69) is 10.4 Å². The summed E-state index contributed by atoms with van der Waals surface area (Å²) < 4.78 is 26.0. The zero-order chi connectivity index (χ0) is 18.4. The lowest BCUT2D eigenvalue weighted by Crippen LogP contribution is -2.30. The van der Waals surface area contributed by atoms with Gasteiger partial charge < -0.3 is 5.32 Å². The molecule has 2 aromatic carbocycles. The number of nitrogens with zero attached hydrogens (tertiary/aromatic N) is 2. The van der Waals surface area contributed by atoms with Crippen molar-refractivity contribution in [3.8, 4) is 5.69 Å². The van der Waals surface area contributed by atoms with Gasteiger partial charge >= 0.3 is 0 Å². The lowest BCUT2D eigenvalue weighted by atomic mass is 10.2. The Kier molecular flexibility index (Phi) is 5.48. The van der Waals surface area contributed by atoms with Crippen LogP contribution in [0, 0.1) is 0 Å². The standard InChI is InChI=1S/C19H19N3O3S/c23-19(20-11-12-26(24,25)18-9-5-2-6-10-18)13-16-14-21-22(15-16)17-7-3-1-4-8-17/h1-10,14-15H,11-13H2,(H,20,23). The number of nitrogens with one attached hydrogen (secondary N) is 1. The number of carbonyl (C=O) groups excluding carboxylic acids is 1. The summed E-state index contributed by atoms with van der Waals surface area (Å²) in [6.45, 7) is 0.0723. The molecule has 0 aliphatic carbocycles. The second-order valence-electron chi connectivity index (χ2n) is 5.79. The molecule has 3 rings (SSSR count). The zero-order valence-electron chi connectivity index (χ0n) is 14.1. The van der Waals surface area contributed by atoms with Crippen LogP contribution in [0.4, 0.5) is 0 Å². The maximum absolute atomic E-state index is 12.2. The van der Waals surface area contributed by atoms with Gasteiger partial charge in [0.25, 0.3) is 0 Å². The van der Waals surface area contributed by atoms with Gasteiger partial charge in [0.05, 0.1) is 29.0 Å². The summed E-state index contributed by atoms with van der Waals surface area (Å²) in [5.74, 6) is -0.368. The van der Waals surface area contributed by atoms with Crippen molar-refractivity contribution in [2.75, 3.05) is 12.3 Å². The predicted molar refractivity (Wildman–Crippen MR) is 98.8 cm³/mol. The summed E-state index contributed by atoms with van der Waals surface area (Å²) in [7, 11) is -3.39. The first-order valence-electron chi connectivity index (χ1n) is 8.18. The van der Waals surface area contributed by atoms with Gasteiger partial charge in [0, 0.05) is 12.7 Å². The Labute approximate surface area is 152 Å². The van der Waals surface area contributed by atoms with Gasteiger partial charge in [0.2, 0.25) is 5.91 Å². The van der Waals surface area contributed by atoms with Gasteiger partial charge in [-0.3, -0.25) is 4.79 Å². The van der Waals surface area contributed by atoms with Crippen LogP contribution in [0.2, 0.25) is 0 Å². The van der Waals surface area contributed by atoms with Crippen molar-refractivity contribution < 1.29 is 13.2 Å². The number of sulfone groups is 1. The highest BCUT2D eigenvalue weighted by Crippen LogP contribution is 2.10. The van der Waals surface area contributed by atoms with Gasteiger partial charge in [0.15, 0.2) is 9.84 Å². The van der Waals surface area contributed by atoms with Gasteiger partial charge in [-0.2, -0.15) is 5.10 Å². The topological polar surface area (TPSA) is 81.1 Å². The normalized spacial score (nSPS) is 11.2. The number of amides is 1. The highest BCUT2D eigenvalue weighted by Gasteiger charge is 2.14. The molecule has 1 heterocycles. The highest BCUT2D eigenvalue weighted by molar-refractivity contribution is 7.91. The Morgan fingerprint density at radius 1 is 1.00 bits per heavy atom. The summed E-state index contributed by atoms with van der Waals surface area (Å²) in [4.78, 5) is 12.3. The highest BCUT2D eigenvalue weighted by atomic mass is 32.2. The van der Waals surface area contributed by atoms with Crippen molar-refractivity contribution in [2.45, 2.75) is 11.3 Å². The Morgan fingerprint density at radius 3 is 2.35 bits per heavy atom. The van der Waals surface area contributed by atoms with Crippen molar-refractivity contribution >= 4 is 15.7 Å². The first-order chi connectivity index (χ1) is 12.5. The van der Waals surface area contributed by atoms with Crippen LogP contribution < -0.4 is 5.32 Å². The van der Waals surface area contributed by atoms with E-state index in [0.717, 1.165) is 11.3 Å². The molecule has 0 saturated heterocycles. The molecule has 0 bridgehead atoms. The van der Waals surface area contributed by atoms with Gasteiger partial charge in [-0.1, -0.05) is 36.4 Å². The van der Waals surface area contributed by atoms with Gasteiger partial charge in [0.1, 0.15) is 0 Å².